The minimum absolute atomic E-state index is 0.443. The van der Waals surface area contributed by atoms with Crippen LogP contribution in [0.15, 0.2) is 30.3 Å². The van der Waals surface area contributed by atoms with Crippen molar-refractivity contribution in [2.24, 2.45) is 0 Å². The predicted molar refractivity (Wildman–Crippen MR) is 73.9 cm³/mol. The summed E-state index contributed by atoms with van der Waals surface area (Å²) in [6, 6.07) is 7.09. The predicted octanol–water partition coefficient (Wildman–Crippen LogP) is 3.39. The zero-order chi connectivity index (χ0) is 13.7. The highest BCUT2D eigenvalue weighted by atomic mass is 16.5. The molecule has 3 heteroatoms. The fourth-order valence-corrected chi connectivity index (χ4v) is 2.12. The fourth-order valence-electron chi connectivity index (χ4n) is 2.12. The van der Waals surface area contributed by atoms with Gasteiger partial charge in [0.15, 0.2) is 0 Å². The lowest BCUT2D eigenvalue weighted by Crippen LogP contribution is -2.19. The molecular formula is C16H18O3. The van der Waals surface area contributed by atoms with E-state index >= 15 is 0 Å². The van der Waals surface area contributed by atoms with Gasteiger partial charge in [-0.1, -0.05) is 50.5 Å². The van der Waals surface area contributed by atoms with Gasteiger partial charge < -0.3 is 4.74 Å². The lowest BCUT2D eigenvalue weighted by atomic mass is 9.94. The number of ether oxygens (including phenoxy) is 1. The minimum atomic E-state index is -0.498. The molecule has 0 N–H and O–H groups in total. The lowest BCUT2D eigenvalue weighted by molar-refractivity contribution is -0.111. The molecule has 1 aromatic rings. The van der Waals surface area contributed by atoms with Crippen molar-refractivity contribution in [3.05, 3.63) is 41.5 Å². The van der Waals surface area contributed by atoms with E-state index in [9.17, 15) is 9.59 Å². The van der Waals surface area contributed by atoms with Crippen molar-refractivity contribution in [1.82, 2.24) is 0 Å². The van der Waals surface area contributed by atoms with Crippen LogP contribution in [0.3, 0.4) is 0 Å². The standard InChI is InChI=1S/C16H18O3/c1-2-3-4-7-10-19-15-11-14(17)16(18)13-9-6-5-8-12(13)15/h5-6,8-9,11H,2-4,7,10H2,1H3. The van der Waals surface area contributed by atoms with Gasteiger partial charge in [-0.3, -0.25) is 9.59 Å². The van der Waals surface area contributed by atoms with Gasteiger partial charge in [-0.15, -0.1) is 0 Å². The highest BCUT2D eigenvalue weighted by Gasteiger charge is 2.26. The smallest absolute Gasteiger partial charge is 0.233 e. The van der Waals surface area contributed by atoms with Gasteiger partial charge in [-0.2, -0.15) is 0 Å². The number of carbonyl (C=O) groups excluding carboxylic acids is 2. The van der Waals surface area contributed by atoms with E-state index in [0.29, 0.717) is 17.9 Å². The number of carbonyl (C=O) groups is 2. The Morgan fingerprint density at radius 3 is 2.47 bits per heavy atom. The molecule has 1 aromatic carbocycles. The van der Waals surface area contributed by atoms with Gasteiger partial charge in [0.2, 0.25) is 11.6 Å². The first-order valence-corrected chi connectivity index (χ1v) is 6.76. The van der Waals surface area contributed by atoms with Gasteiger partial charge in [0.1, 0.15) is 5.76 Å². The molecule has 2 rings (SSSR count). The molecule has 0 unspecified atom stereocenters. The van der Waals surface area contributed by atoms with Crippen LogP contribution in [0.25, 0.3) is 5.76 Å². The van der Waals surface area contributed by atoms with Crippen LogP contribution in [0.5, 0.6) is 0 Å². The number of fused-ring (bicyclic) bond motifs is 1. The van der Waals surface area contributed by atoms with Crippen molar-refractivity contribution in [2.45, 2.75) is 32.6 Å². The van der Waals surface area contributed by atoms with Gasteiger partial charge in [0.05, 0.1) is 6.61 Å². The third-order valence-electron chi connectivity index (χ3n) is 3.18. The molecule has 1 aliphatic rings. The van der Waals surface area contributed by atoms with E-state index < -0.39 is 11.6 Å². The highest BCUT2D eigenvalue weighted by molar-refractivity contribution is 6.50. The third kappa shape index (κ3) is 3.11. The topological polar surface area (TPSA) is 43.4 Å². The Morgan fingerprint density at radius 2 is 1.74 bits per heavy atom. The van der Waals surface area contributed by atoms with E-state index in [4.69, 9.17) is 4.74 Å². The van der Waals surface area contributed by atoms with Crippen LogP contribution in [0, 0.1) is 0 Å². The molecule has 0 heterocycles. The molecule has 0 atom stereocenters. The summed E-state index contributed by atoms with van der Waals surface area (Å²) >= 11 is 0. The Morgan fingerprint density at radius 1 is 1.00 bits per heavy atom. The molecular weight excluding hydrogens is 240 g/mol. The lowest BCUT2D eigenvalue weighted by Gasteiger charge is -2.16. The molecule has 0 aliphatic heterocycles. The molecule has 0 bridgehead atoms. The second-order valence-electron chi connectivity index (χ2n) is 4.66. The van der Waals surface area contributed by atoms with Crippen molar-refractivity contribution in [1.29, 1.82) is 0 Å². The van der Waals surface area contributed by atoms with Gasteiger partial charge in [-0.05, 0) is 6.42 Å². The first-order chi connectivity index (χ1) is 9.24. The Balaban J connectivity index is 2.06. The van der Waals surface area contributed by atoms with Crippen molar-refractivity contribution in [3.8, 4) is 0 Å². The summed E-state index contributed by atoms with van der Waals surface area (Å²) in [4.78, 5) is 23.3. The van der Waals surface area contributed by atoms with Crippen molar-refractivity contribution < 1.29 is 14.3 Å². The number of ketones is 2. The second kappa shape index (κ2) is 6.32. The quantitative estimate of drug-likeness (QED) is 0.580. The minimum Gasteiger partial charge on any atom is -0.493 e. The average Bonchev–Trinajstić information content (AvgIpc) is 2.44. The normalized spacial score (nSPS) is 14.1. The summed E-state index contributed by atoms with van der Waals surface area (Å²) in [7, 11) is 0. The maximum absolute atomic E-state index is 11.7. The number of hydrogen-bond donors (Lipinski definition) is 0. The van der Waals surface area contributed by atoms with E-state index in [1.807, 2.05) is 12.1 Å². The third-order valence-corrected chi connectivity index (χ3v) is 3.18. The molecule has 0 fully saturated rings. The van der Waals surface area contributed by atoms with Gasteiger partial charge in [0.25, 0.3) is 0 Å². The molecule has 0 amide bonds. The van der Waals surface area contributed by atoms with Gasteiger partial charge in [-0.25, -0.2) is 0 Å². The average molecular weight is 258 g/mol. The zero-order valence-corrected chi connectivity index (χ0v) is 11.1. The number of hydrogen-bond acceptors (Lipinski definition) is 3. The molecule has 0 saturated carbocycles. The number of benzene rings is 1. The van der Waals surface area contributed by atoms with Crippen molar-refractivity contribution in [3.63, 3.8) is 0 Å². The van der Waals surface area contributed by atoms with E-state index in [0.717, 1.165) is 18.4 Å². The van der Waals surface area contributed by atoms with E-state index in [1.54, 1.807) is 12.1 Å². The molecule has 0 saturated heterocycles. The fraction of sp³-hybridized carbons (Fsp3) is 0.375. The van der Waals surface area contributed by atoms with Gasteiger partial charge >= 0.3 is 0 Å². The first kappa shape index (κ1) is 13.5. The Bertz CT molecular complexity index is 514. The highest BCUT2D eigenvalue weighted by Crippen LogP contribution is 2.25. The maximum atomic E-state index is 11.7. The van der Waals surface area contributed by atoms with Gasteiger partial charge in [0, 0.05) is 17.2 Å². The van der Waals surface area contributed by atoms with Crippen molar-refractivity contribution in [2.75, 3.05) is 6.61 Å². The molecule has 0 aromatic heterocycles. The summed E-state index contributed by atoms with van der Waals surface area (Å²) in [5, 5.41) is 0. The molecule has 3 nitrogen and oxygen atoms in total. The van der Waals surface area contributed by atoms with E-state index in [1.165, 1.54) is 18.9 Å². The Labute approximate surface area is 113 Å². The summed E-state index contributed by atoms with van der Waals surface area (Å²) in [6.07, 6.45) is 5.77. The largest absolute Gasteiger partial charge is 0.493 e. The van der Waals surface area contributed by atoms with Crippen LogP contribution in [0.2, 0.25) is 0 Å². The summed E-state index contributed by atoms with van der Waals surface area (Å²) in [6.45, 7) is 2.74. The van der Waals surface area contributed by atoms with Crippen LogP contribution >= 0.6 is 0 Å². The molecule has 0 spiro atoms. The maximum Gasteiger partial charge on any atom is 0.233 e. The van der Waals surface area contributed by atoms with Crippen LogP contribution in [0.4, 0.5) is 0 Å². The number of rotatable bonds is 6. The van der Waals surface area contributed by atoms with E-state index in [-0.39, 0.29) is 0 Å². The summed E-state index contributed by atoms with van der Waals surface area (Å²) in [5.74, 6) is -0.423. The zero-order valence-electron chi connectivity index (χ0n) is 11.1. The molecule has 100 valence electrons. The van der Waals surface area contributed by atoms with Crippen LogP contribution in [0.1, 0.15) is 48.5 Å². The Hall–Kier alpha value is -1.90. The SMILES string of the molecule is CCCCCCOC1=CC(=O)C(=O)c2ccccc21. The van der Waals surface area contributed by atoms with Crippen molar-refractivity contribution >= 4 is 17.3 Å². The first-order valence-electron chi connectivity index (χ1n) is 6.76. The van der Waals surface area contributed by atoms with Crippen LogP contribution in [-0.4, -0.2) is 18.2 Å². The number of allylic oxidation sites excluding steroid dienone is 1. The monoisotopic (exact) mass is 258 g/mol. The van der Waals surface area contributed by atoms with Crippen LogP contribution in [-0.2, 0) is 9.53 Å². The van der Waals surface area contributed by atoms with Crippen LogP contribution < -0.4 is 0 Å². The summed E-state index contributed by atoms with van der Waals surface area (Å²) in [5.41, 5.74) is 1.17. The second-order valence-corrected chi connectivity index (χ2v) is 4.66. The number of Topliss-reactive ketones (excluding diaryl/α,β-unsaturated/α-hetero) is 1. The summed E-state index contributed by atoms with van der Waals surface area (Å²) < 4.78 is 5.66. The number of unbranched alkanes of at least 4 members (excludes halogenated alkanes) is 3. The molecule has 0 radical (unpaired) electrons. The van der Waals surface area contributed by atoms with E-state index in [2.05, 4.69) is 6.92 Å². The molecule has 1 aliphatic carbocycles. The molecule has 19 heavy (non-hydrogen) atoms. The Kier molecular flexibility index (Phi) is 4.50.